The number of esters is 1. The van der Waals surface area contributed by atoms with Crippen LogP contribution >= 0.6 is 0 Å². The van der Waals surface area contributed by atoms with Gasteiger partial charge < -0.3 is 25.2 Å². The summed E-state index contributed by atoms with van der Waals surface area (Å²) in [5.74, 6) is -0.827. The highest BCUT2D eigenvalue weighted by Gasteiger charge is 2.35. The molecule has 2 N–H and O–H groups in total. The summed E-state index contributed by atoms with van der Waals surface area (Å²) in [7, 11) is 3.47. The Bertz CT molecular complexity index is 807. The summed E-state index contributed by atoms with van der Waals surface area (Å²) in [4.78, 5) is 51.9. The van der Waals surface area contributed by atoms with Crippen molar-refractivity contribution in [2.45, 2.75) is 39.2 Å². The number of ether oxygens (including phenoxy) is 1. The molecule has 1 unspecified atom stereocenters. The third-order valence-electron chi connectivity index (χ3n) is 5.11. The first kappa shape index (κ1) is 25.2. The molecule has 0 spiro atoms. The maximum absolute atomic E-state index is 12.8. The Morgan fingerprint density at radius 3 is 2.53 bits per heavy atom. The number of carbonyl (C=O) groups excluding carboxylic acids is 4. The van der Waals surface area contributed by atoms with E-state index in [2.05, 4.69) is 10.6 Å². The smallest absolute Gasteiger partial charge is 0.308 e. The van der Waals surface area contributed by atoms with Gasteiger partial charge in [-0.1, -0.05) is 26.0 Å². The first-order valence-corrected chi connectivity index (χ1v) is 10.9. The zero-order chi connectivity index (χ0) is 23.7. The molecule has 1 aromatic rings. The predicted molar refractivity (Wildman–Crippen MR) is 121 cm³/mol. The summed E-state index contributed by atoms with van der Waals surface area (Å²) in [6.45, 7) is 4.83. The third-order valence-corrected chi connectivity index (χ3v) is 5.11. The van der Waals surface area contributed by atoms with Crippen molar-refractivity contribution in [1.82, 2.24) is 15.1 Å². The Hall–Kier alpha value is -3.10. The molecule has 1 aromatic carbocycles. The van der Waals surface area contributed by atoms with Crippen LogP contribution in [0.5, 0.6) is 0 Å². The molecule has 9 heteroatoms. The van der Waals surface area contributed by atoms with Crippen LogP contribution < -0.4 is 10.6 Å². The zero-order valence-corrected chi connectivity index (χ0v) is 19.3. The van der Waals surface area contributed by atoms with Crippen molar-refractivity contribution in [2.75, 3.05) is 45.7 Å². The van der Waals surface area contributed by atoms with E-state index >= 15 is 0 Å². The summed E-state index contributed by atoms with van der Waals surface area (Å²) in [6, 6.07) is 6.67. The predicted octanol–water partition coefficient (Wildman–Crippen LogP) is 1.04. The van der Waals surface area contributed by atoms with Crippen LogP contribution in [0, 0.1) is 5.92 Å². The Morgan fingerprint density at radius 2 is 1.91 bits per heavy atom. The van der Waals surface area contributed by atoms with Gasteiger partial charge in [0.25, 0.3) is 0 Å². The Balaban J connectivity index is 1.88. The van der Waals surface area contributed by atoms with Crippen molar-refractivity contribution >= 4 is 29.4 Å². The summed E-state index contributed by atoms with van der Waals surface area (Å²) in [5, 5.41) is 5.77. The zero-order valence-electron chi connectivity index (χ0n) is 19.3. The van der Waals surface area contributed by atoms with E-state index in [1.54, 1.807) is 19.0 Å². The van der Waals surface area contributed by atoms with E-state index in [9.17, 15) is 19.2 Å². The maximum Gasteiger partial charge on any atom is 0.308 e. The number of piperazine rings is 1. The number of benzene rings is 1. The highest BCUT2D eigenvalue weighted by molar-refractivity contribution is 5.93. The van der Waals surface area contributed by atoms with Crippen LogP contribution in [0.15, 0.2) is 24.3 Å². The second-order valence-electron chi connectivity index (χ2n) is 8.51. The highest BCUT2D eigenvalue weighted by Crippen LogP contribution is 2.14. The summed E-state index contributed by atoms with van der Waals surface area (Å²) in [5.41, 5.74) is 1.79. The van der Waals surface area contributed by atoms with E-state index < -0.39 is 12.0 Å². The fraction of sp³-hybridized carbons (Fsp3) is 0.565. The Kier molecular flexibility index (Phi) is 9.49. The molecule has 2 rings (SSSR count). The number of rotatable bonds is 10. The van der Waals surface area contributed by atoms with Gasteiger partial charge >= 0.3 is 5.97 Å². The van der Waals surface area contributed by atoms with E-state index in [1.807, 2.05) is 38.1 Å². The molecule has 0 bridgehead atoms. The normalized spacial score (nSPS) is 15.8. The fourth-order valence-electron chi connectivity index (χ4n) is 3.24. The molecule has 32 heavy (non-hydrogen) atoms. The lowest BCUT2D eigenvalue weighted by molar-refractivity contribution is -0.152. The van der Waals surface area contributed by atoms with Crippen LogP contribution in [0.1, 0.15) is 32.3 Å². The molecule has 1 heterocycles. The van der Waals surface area contributed by atoms with Crippen LogP contribution in [0.25, 0.3) is 0 Å². The maximum atomic E-state index is 12.8. The van der Waals surface area contributed by atoms with Gasteiger partial charge in [-0.15, -0.1) is 0 Å². The van der Waals surface area contributed by atoms with Crippen LogP contribution in [0.4, 0.5) is 5.69 Å². The second-order valence-corrected chi connectivity index (χ2v) is 8.51. The molecule has 0 aromatic heterocycles. The number of anilines is 1. The lowest BCUT2D eigenvalue weighted by atomic mass is 10.1. The van der Waals surface area contributed by atoms with Gasteiger partial charge in [0.1, 0.15) is 6.04 Å². The lowest BCUT2D eigenvalue weighted by Gasteiger charge is -2.34. The van der Waals surface area contributed by atoms with Gasteiger partial charge in [0.05, 0.1) is 19.6 Å². The SMILES string of the molecule is CC(C)COC(=O)CC1C(=O)NCCN1C(=O)CNc1ccc(CCC(=O)N(C)C)cc1. The summed E-state index contributed by atoms with van der Waals surface area (Å²) >= 11 is 0. The van der Waals surface area contributed by atoms with Crippen LogP contribution in [0.3, 0.4) is 0 Å². The number of amides is 3. The molecule has 176 valence electrons. The number of nitrogens with zero attached hydrogens (tertiary/aromatic N) is 2. The first-order valence-electron chi connectivity index (χ1n) is 10.9. The number of aryl methyl sites for hydroxylation is 1. The minimum atomic E-state index is -0.866. The average molecular weight is 447 g/mol. The van der Waals surface area contributed by atoms with Crippen molar-refractivity contribution in [3.05, 3.63) is 29.8 Å². The quantitative estimate of drug-likeness (QED) is 0.520. The monoisotopic (exact) mass is 446 g/mol. The largest absolute Gasteiger partial charge is 0.465 e. The highest BCUT2D eigenvalue weighted by atomic mass is 16.5. The summed E-state index contributed by atoms with van der Waals surface area (Å²) < 4.78 is 5.17. The van der Waals surface area contributed by atoms with Crippen molar-refractivity contribution in [3.8, 4) is 0 Å². The molecule has 1 aliphatic heterocycles. The minimum absolute atomic E-state index is 0.00326. The van der Waals surface area contributed by atoms with Gasteiger partial charge in [-0.2, -0.15) is 0 Å². The van der Waals surface area contributed by atoms with E-state index in [1.165, 1.54) is 4.90 Å². The Labute approximate surface area is 189 Å². The van der Waals surface area contributed by atoms with Crippen LogP contribution in [-0.4, -0.2) is 79.9 Å². The molecule has 1 aliphatic rings. The molecule has 3 amide bonds. The standard InChI is InChI=1S/C23H34N4O5/c1-16(2)15-32-22(30)13-19-23(31)24-11-12-27(19)21(29)14-25-18-8-5-17(6-9-18)7-10-20(28)26(3)4/h5-6,8-9,16,19,25H,7,10-15H2,1-4H3,(H,24,31). The number of carbonyl (C=O) groups is 4. The molecule has 0 saturated carbocycles. The van der Waals surface area contributed by atoms with E-state index in [-0.39, 0.29) is 43.2 Å². The molecule has 0 radical (unpaired) electrons. The number of hydrogen-bond acceptors (Lipinski definition) is 6. The molecule has 9 nitrogen and oxygen atoms in total. The lowest BCUT2D eigenvalue weighted by Crippen LogP contribution is -2.58. The first-order chi connectivity index (χ1) is 15.2. The van der Waals surface area contributed by atoms with Crippen LogP contribution in [0.2, 0.25) is 0 Å². The molecule has 0 aliphatic carbocycles. The molecular weight excluding hydrogens is 412 g/mol. The minimum Gasteiger partial charge on any atom is -0.465 e. The van der Waals surface area contributed by atoms with Gasteiger partial charge in [0.2, 0.25) is 17.7 Å². The van der Waals surface area contributed by atoms with Crippen molar-refractivity contribution in [3.63, 3.8) is 0 Å². The van der Waals surface area contributed by atoms with Gasteiger partial charge in [0, 0.05) is 39.3 Å². The number of nitrogens with one attached hydrogen (secondary N) is 2. The topological polar surface area (TPSA) is 108 Å². The van der Waals surface area contributed by atoms with E-state index in [0.717, 1.165) is 11.3 Å². The summed E-state index contributed by atoms with van der Waals surface area (Å²) in [6.07, 6.45) is 0.925. The molecule has 1 atom stereocenters. The Morgan fingerprint density at radius 1 is 1.22 bits per heavy atom. The number of hydrogen-bond donors (Lipinski definition) is 2. The van der Waals surface area contributed by atoms with E-state index in [4.69, 9.17) is 4.74 Å². The van der Waals surface area contributed by atoms with Crippen molar-refractivity contribution < 1.29 is 23.9 Å². The van der Waals surface area contributed by atoms with Crippen molar-refractivity contribution in [1.29, 1.82) is 0 Å². The second kappa shape index (κ2) is 12.1. The third kappa shape index (κ3) is 7.86. The van der Waals surface area contributed by atoms with Crippen molar-refractivity contribution in [2.24, 2.45) is 5.92 Å². The van der Waals surface area contributed by atoms with Gasteiger partial charge in [-0.3, -0.25) is 19.2 Å². The molecular formula is C23H34N4O5. The van der Waals surface area contributed by atoms with Crippen LogP contribution in [-0.2, 0) is 30.3 Å². The average Bonchev–Trinajstić information content (AvgIpc) is 2.76. The molecule has 1 fully saturated rings. The molecule has 1 saturated heterocycles. The van der Waals surface area contributed by atoms with Gasteiger partial charge in [-0.25, -0.2) is 0 Å². The van der Waals surface area contributed by atoms with E-state index in [0.29, 0.717) is 25.9 Å². The fourth-order valence-corrected chi connectivity index (χ4v) is 3.24. The van der Waals surface area contributed by atoms with Gasteiger partial charge in [0.15, 0.2) is 0 Å². The van der Waals surface area contributed by atoms with Gasteiger partial charge in [-0.05, 0) is 30.0 Å².